The second-order valence-electron chi connectivity index (χ2n) is 3.84. The van der Waals surface area contributed by atoms with Crippen LogP contribution < -0.4 is 11.1 Å². The molecule has 1 aromatic rings. The van der Waals surface area contributed by atoms with E-state index in [1.54, 1.807) is 20.3 Å². The molecule has 0 saturated carbocycles. The molecule has 0 aromatic carbocycles. The zero-order valence-electron chi connectivity index (χ0n) is 10.7. The van der Waals surface area contributed by atoms with Crippen LogP contribution >= 0.6 is 0 Å². The van der Waals surface area contributed by atoms with Crippen LogP contribution in [0.25, 0.3) is 0 Å². The molecule has 1 unspecified atom stereocenters. The first kappa shape index (κ1) is 14.6. The highest BCUT2D eigenvalue weighted by molar-refractivity contribution is 5.45. The molecule has 7 nitrogen and oxygen atoms in total. The summed E-state index contributed by atoms with van der Waals surface area (Å²) in [6.07, 6.45) is 0.567. The van der Waals surface area contributed by atoms with Crippen LogP contribution in [0.2, 0.25) is 0 Å². The van der Waals surface area contributed by atoms with E-state index in [2.05, 4.69) is 15.3 Å². The molecule has 0 aliphatic heterocycles. The van der Waals surface area contributed by atoms with Crippen LogP contribution in [-0.2, 0) is 16.1 Å². The van der Waals surface area contributed by atoms with E-state index >= 15 is 0 Å². The van der Waals surface area contributed by atoms with Gasteiger partial charge in [-0.15, -0.1) is 0 Å². The van der Waals surface area contributed by atoms with E-state index in [4.69, 9.17) is 20.3 Å². The van der Waals surface area contributed by atoms with Crippen molar-refractivity contribution in [3.8, 4) is 0 Å². The number of rotatable bonds is 8. The summed E-state index contributed by atoms with van der Waals surface area (Å²) in [5, 5.41) is 12.1. The van der Waals surface area contributed by atoms with E-state index in [0.717, 1.165) is 0 Å². The van der Waals surface area contributed by atoms with Gasteiger partial charge in [0.25, 0.3) is 0 Å². The van der Waals surface area contributed by atoms with Gasteiger partial charge in [-0.25, -0.2) is 9.97 Å². The quantitative estimate of drug-likeness (QED) is 0.602. The molecule has 4 N–H and O–H groups in total. The van der Waals surface area contributed by atoms with Gasteiger partial charge < -0.3 is 25.6 Å². The molecule has 0 aliphatic carbocycles. The lowest BCUT2D eigenvalue weighted by molar-refractivity contribution is 0.169. The summed E-state index contributed by atoms with van der Waals surface area (Å²) >= 11 is 0. The largest absolute Gasteiger partial charge is 0.396 e. The van der Waals surface area contributed by atoms with E-state index in [1.807, 2.05) is 0 Å². The minimum Gasteiger partial charge on any atom is -0.396 e. The first-order chi connectivity index (χ1) is 8.69. The number of anilines is 2. The number of aliphatic hydroxyl groups is 1. The van der Waals surface area contributed by atoms with Crippen molar-refractivity contribution in [3.05, 3.63) is 11.9 Å². The van der Waals surface area contributed by atoms with Gasteiger partial charge >= 0.3 is 0 Å². The third-order valence-electron chi connectivity index (χ3n) is 2.26. The number of methoxy groups -OCH3 is 2. The predicted octanol–water partition coefficient (Wildman–Crippen LogP) is 0.0145. The number of hydrogen-bond donors (Lipinski definition) is 3. The Hall–Kier alpha value is -1.44. The Morgan fingerprint density at radius 3 is 2.78 bits per heavy atom. The fourth-order valence-electron chi connectivity index (χ4n) is 1.55. The second-order valence-corrected chi connectivity index (χ2v) is 3.84. The standard InChI is InChI=1S/C11H20N4O3/c1-17-6-8(3-4-16)13-10-5-9(12)14-11(15-10)7-18-2/h5,8,16H,3-4,6-7H2,1-2H3,(H3,12,13,14,15). The predicted molar refractivity (Wildman–Crippen MR) is 68.1 cm³/mol. The highest BCUT2D eigenvalue weighted by atomic mass is 16.5. The fraction of sp³-hybridized carbons (Fsp3) is 0.636. The van der Waals surface area contributed by atoms with Gasteiger partial charge in [0.1, 0.15) is 18.2 Å². The first-order valence-electron chi connectivity index (χ1n) is 5.68. The molecular formula is C11H20N4O3. The topological polar surface area (TPSA) is 103 Å². The third-order valence-corrected chi connectivity index (χ3v) is 2.26. The number of aromatic nitrogens is 2. The van der Waals surface area contributed by atoms with Crippen molar-refractivity contribution < 1.29 is 14.6 Å². The Bertz CT molecular complexity index is 356. The van der Waals surface area contributed by atoms with Crippen molar-refractivity contribution in [1.29, 1.82) is 0 Å². The van der Waals surface area contributed by atoms with Crippen molar-refractivity contribution in [2.24, 2.45) is 0 Å². The van der Waals surface area contributed by atoms with E-state index < -0.39 is 0 Å². The minimum absolute atomic E-state index is 0.0234. The number of nitrogens with one attached hydrogen (secondary N) is 1. The molecule has 1 aromatic heterocycles. The SMILES string of the molecule is COCc1nc(N)cc(NC(CCO)COC)n1. The first-order valence-corrected chi connectivity index (χ1v) is 5.68. The smallest absolute Gasteiger partial charge is 0.158 e. The van der Waals surface area contributed by atoms with Crippen molar-refractivity contribution in [2.75, 3.05) is 38.5 Å². The summed E-state index contributed by atoms with van der Waals surface area (Å²) in [4.78, 5) is 8.31. The van der Waals surface area contributed by atoms with Crippen LogP contribution in [0.4, 0.5) is 11.6 Å². The summed E-state index contributed by atoms with van der Waals surface area (Å²) in [7, 11) is 3.18. The zero-order valence-corrected chi connectivity index (χ0v) is 10.7. The number of nitrogens with two attached hydrogens (primary N) is 1. The molecule has 102 valence electrons. The van der Waals surface area contributed by atoms with Gasteiger partial charge in [-0.1, -0.05) is 0 Å². The Morgan fingerprint density at radius 1 is 1.39 bits per heavy atom. The molecule has 0 aliphatic rings. The van der Waals surface area contributed by atoms with Gasteiger partial charge in [0.15, 0.2) is 5.82 Å². The van der Waals surface area contributed by atoms with Gasteiger partial charge in [-0.3, -0.25) is 0 Å². The Kier molecular flexibility index (Phi) is 6.34. The molecule has 1 rings (SSSR count). The van der Waals surface area contributed by atoms with Crippen LogP contribution in [0.15, 0.2) is 6.07 Å². The molecule has 7 heteroatoms. The van der Waals surface area contributed by atoms with Crippen molar-refractivity contribution >= 4 is 11.6 Å². The van der Waals surface area contributed by atoms with Crippen molar-refractivity contribution in [1.82, 2.24) is 9.97 Å². The number of aliphatic hydroxyl groups excluding tert-OH is 1. The fourth-order valence-corrected chi connectivity index (χ4v) is 1.55. The van der Waals surface area contributed by atoms with Crippen LogP contribution in [0.5, 0.6) is 0 Å². The summed E-state index contributed by atoms with van der Waals surface area (Å²) in [5.74, 6) is 1.49. The molecule has 0 radical (unpaired) electrons. The molecule has 1 heterocycles. The van der Waals surface area contributed by atoms with E-state index in [0.29, 0.717) is 37.1 Å². The van der Waals surface area contributed by atoms with Crippen molar-refractivity contribution in [2.45, 2.75) is 19.1 Å². The van der Waals surface area contributed by atoms with Gasteiger partial charge in [0, 0.05) is 26.9 Å². The van der Waals surface area contributed by atoms with Crippen LogP contribution in [-0.4, -0.2) is 48.5 Å². The van der Waals surface area contributed by atoms with Crippen LogP contribution in [0.3, 0.4) is 0 Å². The highest BCUT2D eigenvalue weighted by Crippen LogP contribution is 2.11. The van der Waals surface area contributed by atoms with E-state index in [1.165, 1.54) is 0 Å². The molecular weight excluding hydrogens is 236 g/mol. The monoisotopic (exact) mass is 256 g/mol. The summed E-state index contributed by atoms with van der Waals surface area (Å²) < 4.78 is 10.0. The lowest BCUT2D eigenvalue weighted by Gasteiger charge is -2.17. The van der Waals surface area contributed by atoms with Gasteiger partial charge in [0.2, 0.25) is 0 Å². The minimum atomic E-state index is -0.0234. The average Bonchev–Trinajstić information content (AvgIpc) is 2.29. The second kappa shape index (κ2) is 7.80. The Morgan fingerprint density at radius 2 is 2.17 bits per heavy atom. The zero-order chi connectivity index (χ0) is 13.4. The lowest BCUT2D eigenvalue weighted by atomic mass is 10.2. The van der Waals surface area contributed by atoms with Crippen LogP contribution in [0.1, 0.15) is 12.2 Å². The Balaban J connectivity index is 2.74. The lowest BCUT2D eigenvalue weighted by Crippen LogP contribution is -2.27. The summed E-state index contributed by atoms with van der Waals surface area (Å²) in [5.41, 5.74) is 5.69. The van der Waals surface area contributed by atoms with E-state index in [9.17, 15) is 0 Å². The maximum Gasteiger partial charge on any atom is 0.158 e. The van der Waals surface area contributed by atoms with E-state index in [-0.39, 0.29) is 12.6 Å². The molecule has 0 fully saturated rings. The molecule has 0 amide bonds. The number of ether oxygens (including phenoxy) is 2. The number of nitrogens with zero attached hydrogens (tertiary/aromatic N) is 2. The van der Waals surface area contributed by atoms with Gasteiger partial charge in [0.05, 0.1) is 12.6 Å². The molecule has 0 saturated heterocycles. The number of hydrogen-bond acceptors (Lipinski definition) is 7. The summed E-state index contributed by atoms with van der Waals surface area (Å²) in [6.45, 7) is 0.852. The maximum atomic E-state index is 8.96. The van der Waals surface area contributed by atoms with Gasteiger partial charge in [-0.05, 0) is 6.42 Å². The maximum absolute atomic E-state index is 8.96. The molecule has 0 bridgehead atoms. The average molecular weight is 256 g/mol. The number of nitrogen functional groups attached to an aromatic ring is 1. The highest BCUT2D eigenvalue weighted by Gasteiger charge is 2.10. The summed E-state index contributed by atoms with van der Waals surface area (Å²) in [6, 6.07) is 1.61. The van der Waals surface area contributed by atoms with Gasteiger partial charge in [-0.2, -0.15) is 0 Å². The van der Waals surface area contributed by atoms with Crippen molar-refractivity contribution in [3.63, 3.8) is 0 Å². The molecule has 18 heavy (non-hydrogen) atoms. The normalized spacial score (nSPS) is 12.4. The third kappa shape index (κ3) is 4.82. The Labute approximate surface area is 106 Å². The van der Waals surface area contributed by atoms with Crippen LogP contribution in [0, 0.1) is 0 Å². The molecule has 0 spiro atoms. The molecule has 1 atom stereocenters.